The number of hydrogen-bond acceptors (Lipinski definition) is 4. The highest BCUT2D eigenvalue weighted by atomic mass is 16.4. The molecule has 1 fully saturated rings. The summed E-state index contributed by atoms with van der Waals surface area (Å²) in [6, 6.07) is 3.41. The van der Waals surface area contributed by atoms with Crippen molar-refractivity contribution in [2.24, 2.45) is 5.92 Å². The highest BCUT2D eigenvalue weighted by molar-refractivity contribution is 5.87. The fourth-order valence-electron chi connectivity index (χ4n) is 2.38. The predicted octanol–water partition coefficient (Wildman–Crippen LogP) is 1.56. The molecule has 2 heterocycles. The van der Waals surface area contributed by atoms with Crippen molar-refractivity contribution in [2.45, 2.75) is 13.8 Å². The predicted molar refractivity (Wildman–Crippen MR) is 74.7 cm³/mol. The Morgan fingerprint density at radius 2 is 2.00 bits per heavy atom. The number of anilines is 1. The molecule has 104 valence electrons. The average molecular weight is 263 g/mol. The third kappa shape index (κ3) is 3.67. The zero-order valence-corrected chi connectivity index (χ0v) is 11.5. The number of pyridine rings is 1. The quantitative estimate of drug-likeness (QED) is 0.893. The number of carbonyl (C=O) groups is 1. The molecule has 1 N–H and O–H groups in total. The van der Waals surface area contributed by atoms with E-state index in [-0.39, 0.29) is 5.56 Å². The van der Waals surface area contributed by atoms with E-state index < -0.39 is 5.97 Å². The van der Waals surface area contributed by atoms with Crippen molar-refractivity contribution < 1.29 is 9.90 Å². The van der Waals surface area contributed by atoms with E-state index in [1.165, 1.54) is 6.20 Å². The van der Waals surface area contributed by atoms with Gasteiger partial charge in [0.15, 0.2) is 0 Å². The average Bonchev–Trinajstić information content (AvgIpc) is 2.39. The van der Waals surface area contributed by atoms with E-state index in [1.807, 2.05) is 0 Å². The van der Waals surface area contributed by atoms with Gasteiger partial charge in [-0.15, -0.1) is 0 Å². The molecule has 19 heavy (non-hydrogen) atoms. The minimum Gasteiger partial charge on any atom is -0.478 e. The Hall–Kier alpha value is -1.62. The standard InChI is InChI=1S/C14H21N3O2/c1-11(2)10-16-5-7-17(8-6-16)13-4-3-12(9-15-13)14(18)19/h3-4,9,11H,5-8,10H2,1-2H3,(H,18,19). The fourth-order valence-corrected chi connectivity index (χ4v) is 2.38. The van der Waals surface area contributed by atoms with E-state index in [4.69, 9.17) is 5.11 Å². The van der Waals surface area contributed by atoms with Crippen molar-refractivity contribution in [1.29, 1.82) is 0 Å². The minimum absolute atomic E-state index is 0.238. The zero-order valence-electron chi connectivity index (χ0n) is 11.5. The number of carboxylic acids is 1. The number of hydrogen-bond donors (Lipinski definition) is 1. The van der Waals surface area contributed by atoms with Gasteiger partial charge in [0.2, 0.25) is 0 Å². The summed E-state index contributed by atoms with van der Waals surface area (Å²) in [5.41, 5.74) is 0.238. The SMILES string of the molecule is CC(C)CN1CCN(c2ccc(C(=O)O)cn2)CC1. The lowest BCUT2D eigenvalue weighted by molar-refractivity contribution is 0.0696. The Balaban J connectivity index is 1.92. The van der Waals surface area contributed by atoms with Crippen molar-refractivity contribution in [3.63, 3.8) is 0 Å². The molecule has 0 atom stereocenters. The molecule has 1 aromatic rings. The second-order valence-corrected chi connectivity index (χ2v) is 5.39. The maximum Gasteiger partial charge on any atom is 0.337 e. The third-order valence-corrected chi connectivity index (χ3v) is 3.31. The molecule has 0 saturated carbocycles. The summed E-state index contributed by atoms with van der Waals surface area (Å²) >= 11 is 0. The van der Waals surface area contributed by atoms with E-state index in [0.717, 1.165) is 38.5 Å². The largest absolute Gasteiger partial charge is 0.478 e. The third-order valence-electron chi connectivity index (χ3n) is 3.31. The molecule has 5 nitrogen and oxygen atoms in total. The number of aromatic carboxylic acids is 1. The number of carboxylic acid groups (broad SMARTS) is 1. The molecule has 0 unspecified atom stereocenters. The van der Waals surface area contributed by atoms with Crippen LogP contribution in [0.25, 0.3) is 0 Å². The Labute approximate surface area is 113 Å². The molecule has 1 aromatic heterocycles. The lowest BCUT2D eigenvalue weighted by Crippen LogP contribution is -2.47. The smallest absolute Gasteiger partial charge is 0.337 e. The normalized spacial score (nSPS) is 16.9. The van der Waals surface area contributed by atoms with E-state index in [0.29, 0.717) is 5.92 Å². The van der Waals surface area contributed by atoms with Gasteiger partial charge < -0.3 is 10.0 Å². The maximum atomic E-state index is 10.8. The number of aromatic nitrogens is 1. The molecule has 1 aliphatic rings. The van der Waals surface area contributed by atoms with E-state index >= 15 is 0 Å². The lowest BCUT2D eigenvalue weighted by atomic mass is 10.2. The molecule has 2 rings (SSSR count). The summed E-state index contributed by atoms with van der Waals surface area (Å²) in [7, 11) is 0. The van der Waals surface area contributed by atoms with Gasteiger partial charge in [0.25, 0.3) is 0 Å². The Bertz CT molecular complexity index is 423. The molecule has 0 spiro atoms. The van der Waals surface area contributed by atoms with Gasteiger partial charge in [-0.05, 0) is 18.1 Å². The summed E-state index contributed by atoms with van der Waals surface area (Å²) in [6.45, 7) is 9.59. The first-order chi connectivity index (χ1) is 9.06. The van der Waals surface area contributed by atoms with Crippen LogP contribution in [0.15, 0.2) is 18.3 Å². The van der Waals surface area contributed by atoms with Gasteiger partial charge >= 0.3 is 5.97 Å². The number of piperazine rings is 1. The van der Waals surface area contributed by atoms with Crippen molar-refractivity contribution in [1.82, 2.24) is 9.88 Å². The molecule has 0 aromatic carbocycles. The monoisotopic (exact) mass is 263 g/mol. The second-order valence-electron chi connectivity index (χ2n) is 5.39. The van der Waals surface area contributed by atoms with Crippen LogP contribution in [0.2, 0.25) is 0 Å². The van der Waals surface area contributed by atoms with Crippen molar-refractivity contribution in [3.8, 4) is 0 Å². The lowest BCUT2D eigenvalue weighted by Gasteiger charge is -2.36. The van der Waals surface area contributed by atoms with Gasteiger partial charge in [-0.25, -0.2) is 9.78 Å². The van der Waals surface area contributed by atoms with Gasteiger partial charge in [-0.3, -0.25) is 4.90 Å². The van der Waals surface area contributed by atoms with Gasteiger partial charge in [-0.2, -0.15) is 0 Å². The van der Waals surface area contributed by atoms with Crippen LogP contribution in [-0.4, -0.2) is 53.7 Å². The topological polar surface area (TPSA) is 56.7 Å². The first kappa shape index (κ1) is 13.8. The van der Waals surface area contributed by atoms with Crippen LogP contribution < -0.4 is 4.90 Å². The maximum absolute atomic E-state index is 10.8. The van der Waals surface area contributed by atoms with Crippen LogP contribution in [0.3, 0.4) is 0 Å². The van der Waals surface area contributed by atoms with Crippen molar-refractivity contribution >= 4 is 11.8 Å². The van der Waals surface area contributed by atoms with Crippen LogP contribution in [0.4, 0.5) is 5.82 Å². The molecule has 0 radical (unpaired) electrons. The van der Waals surface area contributed by atoms with Gasteiger partial charge in [0.1, 0.15) is 5.82 Å². The van der Waals surface area contributed by atoms with E-state index in [2.05, 4.69) is 28.6 Å². The molecular weight excluding hydrogens is 242 g/mol. The summed E-state index contributed by atoms with van der Waals surface area (Å²) in [5, 5.41) is 8.84. The van der Waals surface area contributed by atoms with Crippen LogP contribution >= 0.6 is 0 Å². The highest BCUT2D eigenvalue weighted by Gasteiger charge is 2.18. The minimum atomic E-state index is -0.930. The molecule has 5 heteroatoms. The van der Waals surface area contributed by atoms with E-state index in [1.54, 1.807) is 12.1 Å². The molecule has 0 bridgehead atoms. The molecule has 1 aliphatic heterocycles. The van der Waals surface area contributed by atoms with Crippen LogP contribution in [-0.2, 0) is 0 Å². The summed E-state index contributed by atoms with van der Waals surface area (Å²) in [6.07, 6.45) is 1.43. The Morgan fingerprint density at radius 3 is 2.47 bits per heavy atom. The van der Waals surface area contributed by atoms with Gasteiger partial charge in [0, 0.05) is 38.9 Å². The Kier molecular flexibility index (Phi) is 4.37. The van der Waals surface area contributed by atoms with Crippen molar-refractivity contribution in [3.05, 3.63) is 23.9 Å². The van der Waals surface area contributed by atoms with Crippen LogP contribution in [0.1, 0.15) is 24.2 Å². The molecule has 0 aliphatic carbocycles. The summed E-state index contributed by atoms with van der Waals surface area (Å²) < 4.78 is 0. The summed E-state index contributed by atoms with van der Waals surface area (Å²) in [5.74, 6) is 0.634. The van der Waals surface area contributed by atoms with Gasteiger partial charge in [-0.1, -0.05) is 13.8 Å². The molecular formula is C14H21N3O2. The molecule has 0 amide bonds. The van der Waals surface area contributed by atoms with Crippen LogP contribution in [0, 0.1) is 5.92 Å². The second kappa shape index (κ2) is 6.02. The highest BCUT2D eigenvalue weighted by Crippen LogP contribution is 2.14. The van der Waals surface area contributed by atoms with Crippen molar-refractivity contribution in [2.75, 3.05) is 37.6 Å². The fraction of sp³-hybridized carbons (Fsp3) is 0.571. The first-order valence-electron chi connectivity index (χ1n) is 6.73. The number of nitrogens with zero attached hydrogens (tertiary/aromatic N) is 3. The Morgan fingerprint density at radius 1 is 1.32 bits per heavy atom. The van der Waals surface area contributed by atoms with Gasteiger partial charge in [0.05, 0.1) is 5.56 Å². The molecule has 1 saturated heterocycles. The number of rotatable bonds is 4. The van der Waals surface area contributed by atoms with Crippen LogP contribution in [0.5, 0.6) is 0 Å². The first-order valence-corrected chi connectivity index (χ1v) is 6.73. The zero-order chi connectivity index (χ0) is 13.8. The van der Waals surface area contributed by atoms with E-state index in [9.17, 15) is 4.79 Å². The summed E-state index contributed by atoms with van der Waals surface area (Å²) in [4.78, 5) is 19.7.